The number of aliphatic hydroxyl groups is 1. The first-order chi connectivity index (χ1) is 15.0. The van der Waals surface area contributed by atoms with E-state index < -0.39 is 0 Å². The molecular formula is C24H32FN3O3. The number of pyridine rings is 1. The number of ether oxygens (including phenoxy) is 1. The molecule has 0 radical (unpaired) electrons. The van der Waals surface area contributed by atoms with Gasteiger partial charge in [-0.2, -0.15) is 0 Å². The van der Waals surface area contributed by atoms with Crippen molar-refractivity contribution in [2.24, 2.45) is 5.92 Å². The van der Waals surface area contributed by atoms with Crippen LogP contribution in [0, 0.1) is 18.7 Å². The molecule has 0 saturated carbocycles. The molecule has 1 aromatic heterocycles. The number of amides is 1. The standard InChI is InChI=1S/C24H32FN3O3/c1-17-14-21(6-7-22(17)24(30)27-18(2)16-29)31-13-3-4-19-9-11-28(12-10-19)23-8-5-20(25)15-26-23/h5-8,14-15,18-19,29H,3-4,9-13,16H2,1-2H3,(H,27,30)/t18-/m1/s1. The van der Waals surface area contributed by atoms with E-state index in [1.165, 1.54) is 12.3 Å². The molecule has 6 nitrogen and oxygen atoms in total. The van der Waals surface area contributed by atoms with Crippen LogP contribution in [0.15, 0.2) is 36.5 Å². The van der Waals surface area contributed by atoms with Crippen LogP contribution in [0.2, 0.25) is 0 Å². The average Bonchev–Trinajstić information content (AvgIpc) is 2.77. The molecule has 31 heavy (non-hydrogen) atoms. The second-order valence-electron chi connectivity index (χ2n) is 8.29. The molecule has 1 aromatic carbocycles. The first kappa shape index (κ1) is 23.0. The summed E-state index contributed by atoms with van der Waals surface area (Å²) in [6.45, 7) is 6.09. The third kappa shape index (κ3) is 6.66. The number of benzene rings is 1. The third-order valence-corrected chi connectivity index (χ3v) is 5.77. The molecule has 2 N–H and O–H groups in total. The van der Waals surface area contributed by atoms with E-state index in [2.05, 4.69) is 15.2 Å². The van der Waals surface area contributed by atoms with Crippen molar-refractivity contribution in [2.75, 3.05) is 31.2 Å². The topological polar surface area (TPSA) is 74.7 Å². The van der Waals surface area contributed by atoms with E-state index in [0.29, 0.717) is 18.1 Å². The van der Waals surface area contributed by atoms with E-state index in [-0.39, 0.29) is 24.4 Å². The molecule has 1 amide bonds. The summed E-state index contributed by atoms with van der Waals surface area (Å²) in [4.78, 5) is 18.6. The number of carbonyl (C=O) groups is 1. The van der Waals surface area contributed by atoms with Gasteiger partial charge in [-0.05, 0) is 81.3 Å². The van der Waals surface area contributed by atoms with Crippen LogP contribution in [-0.4, -0.2) is 48.3 Å². The first-order valence-electron chi connectivity index (χ1n) is 11.0. The van der Waals surface area contributed by atoms with Gasteiger partial charge in [0.05, 0.1) is 19.4 Å². The Morgan fingerprint density at radius 1 is 1.32 bits per heavy atom. The zero-order chi connectivity index (χ0) is 22.2. The van der Waals surface area contributed by atoms with Gasteiger partial charge >= 0.3 is 0 Å². The molecule has 168 valence electrons. The number of aryl methyl sites for hydroxylation is 1. The van der Waals surface area contributed by atoms with E-state index in [4.69, 9.17) is 9.84 Å². The van der Waals surface area contributed by atoms with E-state index in [1.54, 1.807) is 19.1 Å². The lowest BCUT2D eigenvalue weighted by Gasteiger charge is -2.32. The van der Waals surface area contributed by atoms with Gasteiger partial charge in [-0.25, -0.2) is 9.37 Å². The normalized spacial score (nSPS) is 15.5. The van der Waals surface area contributed by atoms with Gasteiger partial charge in [0, 0.05) is 24.7 Å². The van der Waals surface area contributed by atoms with E-state index >= 15 is 0 Å². The van der Waals surface area contributed by atoms with E-state index in [1.807, 2.05) is 19.1 Å². The molecule has 0 unspecified atom stereocenters. The number of rotatable bonds is 9. The van der Waals surface area contributed by atoms with Crippen molar-refractivity contribution in [1.82, 2.24) is 10.3 Å². The quantitative estimate of drug-likeness (QED) is 0.595. The molecule has 2 aromatic rings. The highest BCUT2D eigenvalue weighted by molar-refractivity contribution is 5.95. The number of carbonyl (C=O) groups excluding carboxylic acids is 1. The zero-order valence-electron chi connectivity index (χ0n) is 18.3. The van der Waals surface area contributed by atoms with Crippen LogP contribution in [0.1, 0.15) is 48.5 Å². The highest BCUT2D eigenvalue weighted by atomic mass is 19.1. The maximum absolute atomic E-state index is 13.0. The number of aromatic nitrogens is 1. The Kier molecular flexibility index (Phi) is 8.23. The number of anilines is 1. The molecule has 0 spiro atoms. The summed E-state index contributed by atoms with van der Waals surface area (Å²) < 4.78 is 18.9. The maximum Gasteiger partial charge on any atom is 0.251 e. The Morgan fingerprint density at radius 2 is 2.10 bits per heavy atom. The molecule has 1 aliphatic heterocycles. The summed E-state index contributed by atoms with van der Waals surface area (Å²) in [7, 11) is 0. The Labute approximate surface area is 183 Å². The van der Waals surface area contributed by atoms with Crippen LogP contribution in [-0.2, 0) is 0 Å². The number of hydrogen-bond donors (Lipinski definition) is 2. The molecule has 0 bridgehead atoms. The van der Waals surface area contributed by atoms with Crippen LogP contribution < -0.4 is 15.0 Å². The molecule has 1 fully saturated rings. The summed E-state index contributed by atoms with van der Waals surface area (Å²) in [5.74, 6) is 1.79. The molecule has 7 heteroatoms. The predicted molar refractivity (Wildman–Crippen MR) is 119 cm³/mol. The number of nitrogens with zero attached hydrogens (tertiary/aromatic N) is 2. The lowest BCUT2D eigenvalue weighted by Crippen LogP contribution is -2.35. The fourth-order valence-corrected chi connectivity index (χ4v) is 3.90. The fourth-order valence-electron chi connectivity index (χ4n) is 3.90. The van der Waals surface area contributed by atoms with E-state index in [0.717, 1.165) is 55.9 Å². The Bertz CT molecular complexity index is 852. The number of halogens is 1. The van der Waals surface area contributed by atoms with Crippen LogP contribution in [0.25, 0.3) is 0 Å². The fraction of sp³-hybridized carbons (Fsp3) is 0.500. The van der Waals surface area contributed by atoms with E-state index in [9.17, 15) is 9.18 Å². The van der Waals surface area contributed by atoms with Crippen molar-refractivity contribution in [3.8, 4) is 5.75 Å². The summed E-state index contributed by atoms with van der Waals surface area (Å²) in [6, 6.07) is 8.40. The number of hydrogen-bond acceptors (Lipinski definition) is 5. The van der Waals surface area contributed by atoms with Crippen LogP contribution >= 0.6 is 0 Å². The molecule has 1 atom stereocenters. The van der Waals surface area contributed by atoms with Gasteiger partial charge in [0.2, 0.25) is 0 Å². The molecule has 2 heterocycles. The predicted octanol–water partition coefficient (Wildman–Crippen LogP) is 3.72. The average molecular weight is 430 g/mol. The largest absolute Gasteiger partial charge is 0.494 e. The van der Waals surface area contributed by atoms with Gasteiger partial charge in [0.25, 0.3) is 5.91 Å². The highest BCUT2D eigenvalue weighted by Crippen LogP contribution is 2.25. The van der Waals surface area contributed by atoms with Crippen molar-refractivity contribution in [3.05, 3.63) is 53.5 Å². The third-order valence-electron chi connectivity index (χ3n) is 5.77. The summed E-state index contributed by atoms with van der Waals surface area (Å²) >= 11 is 0. The van der Waals surface area contributed by atoms with Gasteiger partial charge in [0.1, 0.15) is 17.4 Å². The Balaban J connectivity index is 1.38. The van der Waals surface area contributed by atoms with Crippen molar-refractivity contribution in [2.45, 2.75) is 45.6 Å². The first-order valence-corrected chi connectivity index (χ1v) is 11.0. The Morgan fingerprint density at radius 3 is 2.74 bits per heavy atom. The highest BCUT2D eigenvalue weighted by Gasteiger charge is 2.20. The van der Waals surface area contributed by atoms with Crippen molar-refractivity contribution >= 4 is 11.7 Å². The summed E-state index contributed by atoms with van der Waals surface area (Å²) in [5, 5.41) is 11.8. The van der Waals surface area contributed by atoms with Crippen molar-refractivity contribution in [3.63, 3.8) is 0 Å². The minimum atomic E-state index is -0.303. The monoisotopic (exact) mass is 429 g/mol. The van der Waals surface area contributed by atoms with Crippen LogP contribution in [0.5, 0.6) is 5.75 Å². The van der Waals surface area contributed by atoms with Gasteiger partial charge in [-0.1, -0.05) is 0 Å². The van der Waals surface area contributed by atoms with Crippen LogP contribution in [0.3, 0.4) is 0 Å². The molecule has 3 rings (SSSR count). The van der Waals surface area contributed by atoms with Gasteiger partial charge in [-0.15, -0.1) is 0 Å². The second kappa shape index (κ2) is 11.1. The number of piperidine rings is 1. The maximum atomic E-state index is 13.0. The molecule has 0 aliphatic carbocycles. The van der Waals surface area contributed by atoms with Gasteiger partial charge < -0.3 is 20.1 Å². The van der Waals surface area contributed by atoms with Crippen molar-refractivity contribution in [1.29, 1.82) is 0 Å². The van der Waals surface area contributed by atoms with Gasteiger partial charge in [-0.3, -0.25) is 4.79 Å². The zero-order valence-corrected chi connectivity index (χ0v) is 18.3. The molecule has 1 aliphatic rings. The Hall–Kier alpha value is -2.67. The lowest BCUT2D eigenvalue weighted by atomic mass is 9.92. The molecule has 1 saturated heterocycles. The summed E-state index contributed by atoms with van der Waals surface area (Å²) in [6.07, 6.45) is 5.58. The smallest absolute Gasteiger partial charge is 0.251 e. The number of nitrogens with one attached hydrogen (secondary N) is 1. The summed E-state index contributed by atoms with van der Waals surface area (Å²) in [5.41, 5.74) is 1.44. The molecular weight excluding hydrogens is 397 g/mol. The van der Waals surface area contributed by atoms with Crippen molar-refractivity contribution < 1.29 is 19.0 Å². The minimum Gasteiger partial charge on any atom is -0.494 e. The SMILES string of the molecule is Cc1cc(OCCCC2CCN(c3ccc(F)cn3)CC2)ccc1C(=O)N[C@H](C)CO. The second-order valence-corrected chi connectivity index (χ2v) is 8.29. The van der Waals surface area contributed by atoms with Crippen LogP contribution in [0.4, 0.5) is 10.2 Å². The number of aliphatic hydroxyl groups excluding tert-OH is 1. The van der Waals surface area contributed by atoms with Gasteiger partial charge in [0.15, 0.2) is 0 Å². The lowest BCUT2D eigenvalue weighted by molar-refractivity contribution is 0.0921. The minimum absolute atomic E-state index is 0.0892.